The average molecular weight is 464 g/mol. The van der Waals surface area contributed by atoms with Crippen molar-refractivity contribution < 1.29 is 27.6 Å². The number of alkyl halides is 3. The number of halogens is 3. The maximum atomic E-state index is 13.0. The molecule has 0 aliphatic carbocycles. The van der Waals surface area contributed by atoms with Crippen molar-refractivity contribution in [1.82, 2.24) is 15.2 Å². The summed E-state index contributed by atoms with van der Waals surface area (Å²) in [5.41, 5.74) is 3.02. The SMILES string of the molecule is COCCN(C)C1CCN(c2cc(-c3cccc(C(O)C(F)(F)F)c3)cc3nonc23)CC1. The maximum Gasteiger partial charge on any atom is 0.418 e. The molecule has 0 radical (unpaired) electrons. The summed E-state index contributed by atoms with van der Waals surface area (Å²) in [6, 6.07) is 9.93. The van der Waals surface area contributed by atoms with E-state index in [0.717, 1.165) is 38.2 Å². The Labute approximate surface area is 189 Å². The molecule has 1 fully saturated rings. The number of fused-ring (bicyclic) bond motifs is 1. The van der Waals surface area contributed by atoms with Gasteiger partial charge in [0.25, 0.3) is 0 Å². The second kappa shape index (κ2) is 9.66. The number of hydrogen-bond donors (Lipinski definition) is 1. The van der Waals surface area contributed by atoms with Crippen molar-refractivity contribution in [2.45, 2.75) is 31.2 Å². The normalized spacial score (nSPS) is 16.6. The molecule has 7 nitrogen and oxygen atoms in total. The Morgan fingerprint density at radius 2 is 1.94 bits per heavy atom. The van der Waals surface area contributed by atoms with Crippen LogP contribution in [0.1, 0.15) is 24.5 Å². The van der Waals surface area contributed by atoms with Crippen LogP contribution in [-0.2, 0) is 4.74 Å². The van der Waals surface area contributed by atoms with E-state index in [-0.39, 0.29) is 5.56 Å². The molecule has 1 N–H and O–H groups in total. The predicted octanol–water partition coefficient (Wildman–Crippen LogP) is 4.03. The molecule has 0 bridgehead atoms. The number of aliphatic hydroxyl groups is 1. The van der Waals surface area contributed by atoms with Crippen LogP contribution in [0.2, 0.25) is 0 Å². The number of piperidine rings is 1. The number of benzene rings is 2. The van der Waals surface area contributed by atoms with E-state index in [1.54, 1.807) is 19.2 Å². The summed E-state index contributed by atoms with van der Waals surface area (Å²) in [7, 11) is 3.79. The van der Waals surface area contributed by atoms with Crippen LogP contribution in [0.25, 0.3) is 22.2 Å². The summed E-state index contributed by atoms with van der Waals surface area (Å²) in [6.45, 7) is 3.17. The van der Waals surface area contributed by atoms with Crippen LogP contribution >= 0.6 is 0 Å². The van der Waals surface area contributed by atoms with Gasteiger partial charge in [0.2, 0.25) is 0 Å². The highest BCUT2D eigenvalue weighted by Gasteiger charge is 2.39. The largest absolute Gasteiger partial charge is 0.418 e. The second-order valence-corrected chi connectivity index (χ2v) is 8.39. The maximum absolute atomic E-state index is 13.0. The summed E-state index contributed by atoms with van der Waals surface area (Å²) < 4.78 is 49.1. The lowest BCUT2D eigenvalue weighted by molar-refractivity contribution is -0.206. The summed E-state index contributed by atoms with van der Waals surface area (Å²) in [5.74, 6) is 0. The molecule has 33 heavy (non-hydrogen) atoms. The summed E-state index contributed by atoms with van der Waals surface area (Å²) in [6.07, 6.45) is -5.34. The molecule has 1 aliphatic heterocycles. The van der Waals surface area contributed by atoms with Crippen molar-refractivity contribution in [2.24, 2.45) is 0 Å². The van der Waals surface area contributed by atoms with Gasteiger partial charge in [-0.2, -0.15) is 13.2 Å². The standard InChI is InChI=1S/C23H27F3N4O3/c1-29(10-11-32-2)18-6-8-30(9-7-18)20-14-17(13-19-21(20)28-33-27-19)15-4-3-5-16(12-15)22(31)23(24,25)26/h3-5,12-14,18,22,31H,6-11H2,1-2H3. The lowest BCUT2D eigenvalue weighted by Crippen LogP contribution is -2.44. The number of methoxy groups -OCH3 is 1. The van der Waals surface area contributed by atoms with Crippen molar-refractivity contribution in [1.29, 1.82) is 0 Å². The number of hydrogen-bond acceptors (Lipinski definition) is 7. The van der Waals surface area contributed by atoms with Gasteiger partial charge in [-0.1, -0.05) is 18.2 Å². The van der Waals surface area contributed by atoms with Crippen LogP contribution in [0, 0.1) is 0 Å². The Morgan fingerprint density at radius 1 is 1.18 bits per heavy atom. The van der Waals surface area contributed by atoms with Crippen LogP contribution in [0.4, 0.5) is 18.9 Å². The van der Waals surface area contributed by atoms with Crippen molar-refractivity contribution >= 4 is 16.7 Å². The second-order valence-electron chi connectivity index (χ2n) is 8.39. The third-order valence-corrected chi connectivity index (χ3v) is 6.26. The van der Waals surface area contributed by atoms with E-state index in [9.17, 15) is 18.3 Å². The van der Waals surface area contributed by atoms with Gasteiger partial charge in [-0.3, -0.25) is 0 Å². The number of anilines is 1. The fourth-order valence-corrected chi connectivity index (χ4v) is 4.32. The number of likely N-dealkylation sites (N-methyl/N-ethyl adjacent to an activating group) is 1. The van der Waals surface area contributed by atoms with Crippen LogP contribution in [0.15, 0.2) is 41.0 Å². The van der Waals surface area contributed by atoms with Gasteiger partial charge in [-0.05, 0) is 65.1 Å². The molecule has 178 valence electrons. The van der Waals surface area contributed by atoms with Crippen LogP contribution in [-0.4, -0.2) is 72.9 Å². The molecule has 1 saturated heterocycles. The molecule has 4 rings (SSSR count). The van der Waals surface area contributed by atoms with Gasteiger partial charge in [-0.15, -0.1) is 0 Å². The van der Waals surface area contributed by atoms with E-state index in [4.69, 9.17) is 9.37 Å². The zero-order valence-electron chi connectivity index (χ0n) is 18.5. The van der Waals surface area contributed by atoms with Crippen molar-refractivity contribution in [3.05, 3.63) is 42.0 Å². The Balaban J connectivity index is 1.60. The molecule has 1 aromatic heterocycles. The first kappa shape index (κ1) is 23.5. The van der Waals surface area contributed by atoms with Crippen LogP contribution in [0.3, 0.4) is 0 Å². The average Bonchev–Trinajstić information content (AvgIpc) is 3.30. The smallest absolute Gasteiger partial charge is 0.383 e. The highest BCUT2D eigenvalue weighted by molar-refractivity contribution is 5.92. The summed E-state index contributed by atoms with van der Waals surface area (Å²) in [4.78, 5) is 4.52. The number of aromatic nitrogens is 2. The van der Waals surface area contributed by atoms with Crippen molar-refractivity contribution in [2.75, 3.05) is 45.3 Å². The monoisotopic (exact) mass is 464 g/mol. The predicted molar refractivity (Wildman–Crippen MR) is 118 cm³/mol. The minimum atomic E-state index is -4.73. The first-order chi connectivity index (χ1) is 15.8. The van der Waals surface area contributed by atoms with Gasteiger partial charge in [0, 0.05) is 32.8 Å². The summed E-state index contributed by atoms with van der Waals surface area (Å²) in [5, 5.41) is 17.7. The van der Waals surface area contributed by atoms with Crippen LogP contribution < -0.4 is 4.90 Å². The molecule has 2 aromatic carbocycles. The molecule has 3 aromatic rings. The van der Waals surface area contributed by atoms with Gasteiger partial charge in [0.05, 0.1) is 12.3 Å². The van der Waals surface area contributed by atoms with E-state index in [0.29, 0.717) is 34.8 Å². The Morgan fingerprint density at radius 3 is 2.64 bits per heavy atom. The van der Waals surface area contributed by atoms with E-state index < -0.39 is 12.3 Å². The molecule has 10 heteroatoms. The first-order valence-corrected chi connectivity index (χ1v) is 10.8. The molecular formula is C23H27F3N4O3. The van der Waals surface area contributed by atoms with Gasteiger partial charge in [-0.25, -0.2) is 4.63 Å². The Bertz CT molecular complexity index is 1080. The van der Waals surface area contributed by atoms with Gasteiger partial charge >= 0.3 is 6.18 Å². The number of ether oxygens (including phenoxy) is 1. The Kier molecular flexibility index (Phi) is 6.87. The third-order valence-electron chi connectivity index (χ3n) is 6.26. The lowest BCUT2D eigenvalue weighted by atomic mass is 9.98. The molecule has 0 saturated carbocycles. The van der Waals surface area contributed by atoms with Gasteiger partial charge in [0.15, 0.2) is 11.6 Å². The highest BCUT2D eigenvalue weighted by Crippen LogP contribution is 2.37. The number of nitrogens with zero attached hydrogens (tertiary/aromatic N) is 4. The zero-order valence-corrected chi connectivity index (χ0v) is 18.5. The fourth-order valence-electron chi connectivity index (χ4n) is 4.32. The molecule has 1 atom stereocenters. The van der Waals surface area contributed by atoms with Crippen LogP contribution in [0.5, 0.6) is 0 Å². The number of aliphatic hydroxyl groups excluding tert-OH is 1. The molecule has 1 aliphatic rings. The third kappa shape index (κ3) is 5.13. The van der Waals surface area contributed by atoms with Crippen molar-refractivity contribution in [3.8, 4) is 11.1 Å². The zero-order chi connectivity index (χ0) is 23.6. The van der Waals surface area contributed by atoms with E-state index in [1.165, 1.54) is 18.2 Å². The highest BCUT2D eigenvalue weighted by atomic mass is 19.4. The van der Waals surface area contributed by atoms with Gasteiger partial charge < -0.3 is 19.6 Å². The quantitative estimate of drug-likeness (QED) is 0.566. The molecule has 2 heterocycles. The number of rotatable bonds is 7. The minimum absolute atomic E-state index is 0.208. The minimum Gasteiger partial charge on any atom is -0.383 e. The molecule has 0 amide bonds. The van der Waals surface area contributed by atoms with E-state index in [1.807, 2.05) is 6.07 Å². The van der Waals surface area contributed by atoms with Gasteiger partial charge in [0.1, 0.15) is 5.52 Å². The fraction of sp³-hybridized carbons (Fsp3) is 0.478. The first-order valence-electron chi connectivity index (χ1n) is 10.8. The van der Waals surface area contributed by atoms with E-state index >= 15 is 0 Å². The topological polar surface area (TPSA) is 74.9 Å². The summed E-state index contributed by atoms with van der Waals surface area (Å²) >= 11 is 0. The van der Waals surface area contributed by atoms with E-state index in [2.05, 4.69) is 27.2 Å². The van der Waals surface area contributed by atoms with Crippen molar-refractivity contribution in [3.63, 3.8) is 0 Å². The Hall–Kier alpha value is -2.69. The lowest BCUT2D eigenvalue weighted by Gasteiger charge is -2.37. The molecular weight excluding hydrogens is 437 g/mol. The molecule has 1 unspecified atom stereocenters. The molecule has 0 spiro atoms.